The van der Waals surface area contributed by atoms with Crippen LogP contribution in [-0.4, -0.2) is 0 Å². The lowest BCUT2D eigenvalue weighted by molar-refractivity contribution is 0.628. The fourth-order valence-electron chi connectivity index (χ4n) is 0.787. The Hall–Kier alpha value is -0.760. The van der Waals surface area contributed by atoms with Crippen LogP contribution in [0.1, 0.15) is 12.5 Å². The van der Waals surface area contributed by atoms with E-state index in [0.29, 0.717) is 0 Å². The summed E-state index contributed by atoms with van der Waals surface area (Å²) in [6.45, 7) is 1.89. The second kappa shape index (κ2) is 3.58. The number of rotatable bonds is 1. The van der Waals surface area contributed by atoms with Gasteiger partial charge in [0.15, 0.2) is 0 Å². The quantitative estimate of drug-likeness (QED) is 0.612. The van der Waals surface area contributed by atoms with Crippen LogP contribution in [-0.2, 0) is 0 Å². The fraction of sp³-hybridized carbons (Fsp3) is 0.111. The van der Waals surface area contributed by atoms with Crippen LogP contribution in [0.5, 0.6) is 0 Å². The van der Waals surface area contributed by atoms with Crippen molar-refractivity contribution >= 4 is 17.5 Å². The maximum atomic E-state index is 12.4. The lowest BCUT2D eigenvalue weighted by Gasteiger charge is -1.97. The van der Waals surface area contributed by atoms with Gasteiger partial charge in [-0.05, 0) is 24.6 Å². The van der Waals surface area contributed by atoms with Gasteiger partial charge in [0.25, 0.3) is 0 Å². The molecule has 2 heteroatoms. The molecule has 0 fully saturated rings. The van der Waals surface area contributed by atoms with Gasteiger partial charge in [-0.2, -0.15) is 0 Å². The van der Waals surface area contributed by atoms with Crippen molar-refractivity contribution in [1.82, 2.24) is 0 Å². The zero-order chi connectivity index (χ0) is 8.27. The lowest BCUT2D eigenvalue weighted by atomic mass is 10.2. The van der Waals surface area contributed by atoms with Gasteiger partial charge in [0.05, 0.1) is 0 Å². The number of benzene rings is 1. The van der Waals surface area contributed by atoms with Crippen molar-refractivity contribution < 1.29 is 4.39 Å². The van der Waals surface area contributed by atoms with E-state index in [9.17, 15) is 4.39 Å². The third kappa shape index (κ3) is 2.09. The van der Waals surface area contributed by atoms with Crippen molar-refractivity contribution in [3.63, 3.8) is 0 Å². The smallest absolute Gasteiger partial charge is 0.123 e. The molecule has 0 aliphatic carbocycles. The molecular weight excluding hydrogens is 159 g/mol. The molecule has 0 spiro atoms. The van der Waals surface area contributed by atoms with Crippen LogP contribution in [0.2, 0.25) is 0 Å². The van der Waals surface area contributed by atoms with Crippen LogP contribution < -0.4 is 0 Å². The van der Waals surface area contributed by atoms with Crippen LogP contribution in [0.25, 0.3) is 4.91 Å². The Labute approximate surface area is 71.2 Å². The first-order valence-corrected chi connectivity index (χ1v) is 3.80. The minimum atomic E-state index is -0.217. The molecule has 0 N–H and O–H groups in total. The van der Waals surface area contributed by atoms with Gasteiger partial charge in [0.1, 0.15) is 5.82 Å². The average Bonchev–Trinajstić information content (AvgIpc) is 2.05. The largest absolute Gasteiger partial charge is 0.207 e. The highest BCUT2D eigenvalue weighted by atomic mass is 32.1. The molecule has 0 bridgehead atoms. The van der Waals surface area contributed by atoms with E-state index < -0.39 is 0 Å². The molecule has 0 heterocycles. The fourth-order valence-corrected chi connectivity index (χ4v) is 0.936. The first-order valence-electron chi connectivity index (χ1n) is 3.35. The first kappa shape index (κ1) is 8.34. The molecule has 0 atom stereocenters. The van der Waals surface area contributed by atoms with Gasteiger partial charge in [-0.1, -0.05) is 18.2 Å². The van der Waals surface area contributed by atoms with Gasteiger partial charge >= 0.3 is 0 Å². The van der Waals surface area contributed by atoms with Gasteiger partial charge in [-0.25, -0.2) is 4.39 Å². The Morgan fingerprint density at radius 2 is 1.91 bits per heavy atom. The van der Waals surface area contributed by atoms with Crippen molar-refractivity contribution in [2.45, 2.75) is 6.92 Å². The van der Waals surface area contributed by atoms with E-state index in [4.69, 9.17) is 0 Å². The summed E-state index contributed by atoms with van der Waals surface area (Å²) >= 11 is 4.19. The van der Waals surface area contributed by atoms with Crippen molar-refractivity contribution in [2.24, 2.45) is 0 Å². The first-order chi connectivity index (χ1) is 5.24. The predicted octanol–water partition coefficient (Wildman–Crippen LogP) is 3.12. The van der Waals surface area contributed by atoms with E-state index in [-0.39, 0.29) is 5.82 Å². The highest BCUT2D eigenvalue weighted by Crippen LogP contribution is 2.17. The highest BCUT2D eigenvalue weighted by Gasteiger charge is 1.94. The molecule has 1 aromatic rings. The summed E-state index contributed by atoms with van der Waals surface area (Å²) in [6, 6.07) is 6.26. The summed E-state index contributed by atoms with van der Waals surface area (Å²) in [4.78, 5) is 0.866. The summed E-state index contributed by atoms with van der Waals surface area (Å²) in [5, 5.41) is 0. The third-order valence-corrected chi connectivity index (χ3v) is 1.93. The summed E-state index contributed by atoms with van der Waals surface area (Å²) in [7, 11) is 0. The molecule has 11 heavy (non-hydrogen) atoms. The standard InChI is InChI=1S/C9H9FS/c1-2-9(11)7-3-5-8(10)6-4-7/h2-6,11H,1H3/b9-2-. The average molecular weight is 168 g/mol. The van der Waals surface area contributed by atoms with E-state index >= 15 is 0 Å². The molecule has 1 aromatic carbocycles. The molecule has 1 rings (SSSR count). The van der Waals surface area contributed by atoms with Gasteiger partial charge in [-0.15, -0.1) is 12.6 Å². The predicted molar refractivity (Wildman–Crippen MR) is 49.0 cm³/mol. The van der Waals surface area contributed by atoms with E-state index in [1.807, 2.05) is 13.0 Å². The number of allylic oxidation sites excluding steroid dienone is 1. The van der Waals surface area contributed by atoms with Crippen LogP contribution in [0.15, 0.2) is 30.3 Å². The Kier molecular flexibility index (Phi) is 2.71. The molecule has 0 aromatic heterocycles. The lowest BCUT2D eigenvalue weighted by Crippen LogP contribution is -1.77. The maximum absolute atomic E-state index is 12.4. The topological polar surface area (TPSA) is 0 Å². The number of hydrogen-bond acceptors (Lipinski definition) is 1. The Morgan fingerprint density at radius 3 is 2.36 bits per heavy atom. The molecular formula is C9H9FS. The van der Waals surface area contributed by atoms with E-state index in [0.717, 1.165) is 10.5 Å². The van der Waals surface area contributed by atoms with Crippen LogP contribution in [0, 0.1) is 5.82 Å². The second-order valence-corrected chi connectivity index (χ2v) is 2.66. The van der Waals surface area contributed by atoms with Crippen LogP contribution >= 0.6 is 12.6 Å². The molecule has 0 amide bonds. The Bertz CT molecular complexity index is 261. The van der Waals surface area contributed by atoms with Crippen LogP contribution in [0.4, 0.5) is 4.39 Å². The Balaban J connectivity index is 2.99. The number of thiol groups is 1. The van der Waals surface area contributed by atoms with Gasteiger partial charge in [0, 0.05) is 4.91 Å². The summed E-state index contributed by atoms with van der Waals surface area (Å²) in [5.74, 6) is -0.217. The molecule has 0 saturated carbocycles. The van der Waals surface area contributed by atoms with Crippen molar-refractivity contribution in [2.75, 3.05) is 0 Å². The third-order valence-electron chi connectivity index (χ3n) is 1.41. The number of hydrogen-bond donors (Lipinski definition) is 1. The van der Waals surface area contributed by atoms with Gasteiger partial charge in [0.2, 0.25) is 0 Å². The van der Waals surface area contributed by atoms with Crippen LogP contribution in [0.3, 0.4) is 0 Å². The second-order valence-electron chi connectivity index (χ2n) is 2.18. The van der Waals surface area contributed by atoms with Crippen molar-refractivity contribution in [3.8, 4) is 0 Å². The van der Waals surface area contributed by atoms with E-state index in [2.05, 4.69) is 12.6 Å². The summed E-state index contributed by atoms with van der Waals surface area (Å²) in [6.07, 6.45) is 1.87. The summed E-state index contributed by atoms with van der Waals surface area (Å²) < 4.78 is 12.4. The van der Waals surface area contributed by atoms with Crippen molar-refractivity contribution in [1.29, 1.82) is 0 Å². The molecule has 58 valence electrons. The van der Waals surface area contributed by atoms with Crippen molar-refractivity contribution in [3.05, 3.63) is 41.7 Å². The number of halogens is 1. The zero-order valence-electron chi connectivity index (χ0n) is 6.21. The molecule has 0 aliphatic rings. The SMILES string of the molecule is C/C=C(\S)c1ccc(F)cc1. The molecule has 0 radical (unpaired) electrons. The summed E-state index contributed by atoms with van der Waals surface area (Å²) in [5.41, 5.74) is 0.942. The zero-order valence-corrected chi connectivity index (χ0v) is 7.11. The normalized spacial score (nSPS) is 11.7. The van der Waals surface area contributed by atoms with Gasteiger partial charge in [-0.3, -0.25) is 0 Å². The highest BCUT2D eigenvalue weighted by molar-refractivity contribution is 7.90. The van der Waals surface area contributed by atoms with Gasteiger partial charge < -0.3 is 0 Å². The monoisotopic (exact) mass is 168 g/mol. The minimum absolute atomic E-state index is 0.217. The molecule has 0 nitrogen and oxygen atoms in total. The minimum Gasteiger partial charge on any atom is -0.207 e. The molecule has 0 saturated heterocycles. The molecule has 0 aliphatic heterocycles. The molecule has 0 unspecified atom stereocenters. The maximum Gasteiger partial charge on any atom is 0.123 e. The van der Waals surface area contributed by atoms with E-state index in [1.165, 1.54) is 12.1 Å². The Morgan fingerprint density at radius 1 is 1.36 bits per heavy atom. The van der Waals surface area contributed by atoms with E-state index in [1.54, 1.807) is 12.1 Å².